The summed E-state index contributed by atoms with van der Waals surface area (Å²) in [5, 5.41) is 9.11. The number of anilines is 1. The molecule has 0 spiro atoms. The Hall–Kier alpha value is -0.910. The molecule has 2 rings (SSSR count). The fraction of sp³-hybridized carbons (Fsp3) is 0.417. The van der Waals surface area contributed by atoms with Gasteiger partial charge in [-0.2, -0.15) is 0 Å². The highest BCUT2D eigenvalue weighted by atomic mass is 79.9. The van der Waals surface area contributed by atoms with E-state index in [1.54, 1.807) is 6.07 Å². The first-order valence-electron chi connectivity index (χ1n) is 5.46. The number of aliphatic hydroxyl groups excluding tert-OH is 1. The van der Waals surface area contributed by atoms with Gasteiger partial charge in [0.15, 0.2) is 6.29 Å². The van der Waals surface area contributed by atoms with Gasteiger partial charge in [-0.15, -0.1) is 0 Å². The highest BCUT2D eigenvalue weighted by Crippen LogP contribution is 2.25. The Morgan fingerprint density at radius 3 is 3.12 bits per heavy atom. The molecule has 0 aliphatic carbocycles. The van der Waals surface area contributed by atoms with E-state index in [0.29, 0.717) is 18.7 Å². The van der Waals surface area contributed by atoms with Gasteiger partial charge in [0, 0.05) is 28.8 Å². The Balaban J connectivity index is 2.25. The lowest BCUT2D eigenvalue weighted by Gasteiger charge is -2.34. The molecule has 1 fully saturated rings. The Labute approximate surface area is 108 Å². The van der Waals surface area contributed by atoms with E-state index >= 15 is 0 Å². The molecule has 5 heteroatoms. The van der Waals surface area contributed by atoms with Gasteiger partial charge in [-0.1, -0.05) is 15.9 Å². The second kappa shape index (κ2) is 5.62. The van der Waals surface area contributed by atoms with Gasteiger partial charge in [0.05, 0.1) is 19.3 Å². The number of benzene rings is 1. The predicted molar refractivity (Wildman–Crippen MR) is 68.6 cm³/mol. The van der Waals surface area contributed by atoms with Gasteiger partial charge < -0.3 is 14.7 Å². The molecule has 1 heterocycles. The standard InChI is InChI=1S/C12H14BrNO3/c13-10-2-1-9(7-15)12(5-10)14-3-4-17-11(6-14)8-16/h1-2,5,7,11,16H,3-4,6,8H2. The summed E-state index contributed by atoms with van der Waals surface area (Å²) in [5.74, 6) is 0. The van der Waals surface area contributed by atoms with E-state index in [0.717, 1.165) is 23.0 Å². The van der Waals surface area contributed by atoms with Gasteiger partial charge >= 0.3 is 0 Å². The van der Waals surface area contributed by atoms with Crippen molar-refractivity contribution < 1.29 is 14.6 Å². The zero-order valence-corrected chi connectivity index (χ0v) is 10.9. The summed E-state index contributed by atoms with van der Waals surface area (Å²) < 4.78 is 6.33. The summed E-state index contributed by atoms with van der Waals surface area (Å²) in [4.78, 5) is 13.1. The molecule has 92 valence electrons. The predicted octanol–water partition coefficient (Wildman–Crippen LogP) is 1.46. The minimum Gasteiger partial charge on any atom is -0.394 e. The molecule has 1 aromatic carbocycles. The molecule has 0 amide bonds. The Morgan fingerprint density at radius 2 is 2.41 bits per heavy atom. The monoisotopic (exact) mass is 299 g/mol. The number of carbonyl (C=O) groups is 1. The van der Waals surface area contributed by atoms with Gasteiger partial charge in [0.2, 0.25) is 0 Å². The van der Waals surface area contributed by atoms with E-state index in [-0.39, 0.29) is 12.7 Å². The quantitative estimate of drug-likeness (QED) is 0.859. The minimum absolute atomic E-state index is 0.000918. The Morgan fingerprint density at radius 1 is 1.59 bits per heavy atom. The van der Waals surface area contributed by atoms with E-state index in [1.807, 2.05) is 12.1 Å². The maximum absolute atomic E-state index is 11.0. The van der Waals surface area contributed by atoms with Crippen LogP contribution in [0, 0.1) is 0 Å². The van der Waals surface area contributed by atoms with Gasteiger partial charge in [-0.05, 0) is 18.2 Å². The van der Waals surface area contributed by atoms with Crippen LogP contribution >= 0.6 is 15.9 Å². The first-order chi connectivity index (χ1) is 8.24. The Kier molecular flexibility index (Phi) is 4.15. The van der Waals surface area contributed by atoms with Crippen molar-refractivity contribution in [2.75, 3.05) is 31.2 Å². The third-order valence-electron chi connectivity index (χ3n) is 2.80. The average molecular weight is 300 g/mol. The maximum Gasteiger partial charge on any atom is 0.152 e. The number of rotatable bonds is 3. The molecular weight excluding hydrogens is 286 g/mol. The molecule has 0 aromatic heterocycles. The molecule has 0 bridgehead atoms. The molecule has 0 radical (unpaired) electrons. The van der Waals surface area contributed by atoms with Crippen LogP contribution in [0.15, 0.2) is 22.7 Å². The number of nitrogens with zero attached hydrogens (tertiary/aromatic N) is 1. The van der Waals surface area contributed by atoms with E-state index in [2.05, 4.69) is 20.8 Å². The lowest BCUT2D eigenvalue weighted by Crippen LogP contribution is -2.44. The minimum atomic E-state index is -0.178. The highest BCUT2D eigenvalue weighted by Gasteiger charge is 2.21. The molecule has 0 saturated carbocycles. The number of carbonyl (C=O) groups excluding carboxylic acids is 1. The van der Waals surface area contributed by atoms with Crippen molar-refractivity contribution in [2.45, 2.75) is 6.10 Å². The summed E-state index contributed by atoms with van der Waals surface area (Å²) >= 11 is 3.40. The molecule has 1 N–H and O–H groups in total. The van der Waals surface area contributed by atoms with Crippen LogP contribution < -0.4 is 4.90 Å². The van der Waals surface area contributed by atoms with Crippen LogP contribution in [0.1, 0.15) is 10.4 Å². The van der Waals surface area contributed by atoms with Crippen LogP contribution in [0.5, 0.6) is 0 Å². The van der Waals surface area contributed by atoms with Crippen molar-refractivity contribution in [2.24, 2.45) is 0 Å². The van der Waals surface area contributed by atoms with E-state index in [9.17, 15) is 4.79 Å². The second-order valence-corrected chi connectivity index (χ2v) is 4.86. The number of hydrogen-bond donors (Lipinski definition) is 1. The molecule has 1 unspecified atom stereocenters. The van der Waals surface area contributed by atoms with Crippen molar-refractivity contribution in [3.8, 4) is 0 Å². The summed E-state index contributed by atoms with van der Waals surface area (Å²) in [6, 6.07) is 5.55. The lowest BCUT2D eigenvalue weighted by atomic mass is 10.1. The number of ether oxygens (including phenoxy) is 1. The molecule has 17 heavy (non-hydrogen) atoms. The lowest BCUT2D eigenvalue weighted by molar-refractivity contribution is 0.00354. The zero-order chi connectivity index (χ0) is 12.3. The number of aliphatic hydroxyl groups is 1. The SMILES string of the molecule is O=Cc1ccc(Br)cc1N1CCOC(CO)C1. The number of halogens is 1. The normalized spacial score (nSPS) is 20.4. The van der Waals surface area contributed by atoms with Crippen LogP contribution in [-0.4, -0.2) is 43.8 Å². The third kappa shape index (κ3) is 2.86. The fourth-order valence-electron chi connectivity index (χ4n) is 1.94. The number of hydrogen-bond acceptors (Lipinski definition) is 4. The Bertz CT molecular complexity index is 411. The molecule has 1 saturated heterocycles. The topological polar surface area (TPSA) is 49.8 Å². The van der Waals surface area contributed by atoms with Gasteiger partial charge in [-0.25, -0.2) is 0 Å². The molecular formula is C12H14BrNO3. The van der Waals surface area contributed by atoms with E-state index < -0.39 is 0 Å². The summed E-state index contributed by atoms with van der Waals surface area (Å²) in [6.45, 7) is 1.90. The molecule has 1 atom stereocenters. The first kappa shape index (κ1) is 12.5. The molecule has 1 aliphatic rings. The maximum atomic E-state index is 11.0. The molecule has 1 aliphatic heterocycles. The largest absolute Gasteiger partial charge is 0.394 e. The fourth-order valence-corrected chi connectivity index (χ4v) is 2.29. The third-order valence-corrected chi connectivity index (χ3v) is 3.30. The van der Waals surface area contributed by atoms with E-state index in [4.69, 9.17) is 9.84 Å². The summed E-state index contributed by atoms with van der Waals surface area (Å²) in [5.41, 5.74) is 1.54. The van der Waals surface area contributed by atoms with Crippen molar-refractivity contribution in [1.82, 2.24) is 0 Å². The zero-order valence-electron chi connectivity index (χ0n) is 9.30. The van der Waals surface area contributed by atoms with Gasteiger partial charge in [0.25, 0.3) is 0 Å². The van der Waals surface area contributed by atoms with Crippen molar-refractivity contribution >= 4 is 27.9 Å². The van der Waals surface area contributed by atoms with Crippen LogP contribution in [0.25, 0.3) is 0 Å². The van der Waals surface area contributed by atoms with E-state index in [1.165, 1.54) is 0 Å². The average Bonchev–Trinajstić information content (AvgIpc) is 2.39. The highest BCUT2D eigenvalue weighted by molar-refractivity contribution is 9.10. The van der Waals surface area contributed by atoms with Crippen LogP contribution in [0.3, 0.4) is 0 Å². The van der Waals surface area contributed by atoms with Crippen molar-refractivity contribution in [3.63, 3.8) is 0 Å². The van der Waals surface area contributed by atoms with Crippen molar-refractivity contribution in [3.05, 3.63) is 28.2 Å². The van der Waals surface area contributed by atoms with Gasteiger partial charge in [0.1, 0.15) is 0 Å². The molecule has 4 nitrogen and oxygen atoms in total. The van der Waals surface area contributed by atoms with Crippen LogP contribution in [0.2, 0.25) is 0 Å². The molecule has 1 aromatic rings. The first-order valence-corrected chi connectivity index (χ1v) is 6.26. The number of morpholine rings is 1. The van der Waals surface area contributed by atoms with Crippen LogP contribution in [-0.2, 0) is 4.74 Å². The number of aldehydes is 1. The summed E-state index contributed by atoms with van der Waals surface area (Å²) in [6.07, 6.45) is 0.674. The summed E-state index contributed by atoms with van der Waals surface area (Å²) in [7, 11) is 0. The van der Waals surface area contributed by atoms with Crippen molar-refractivity contribution in [1.29, 1.82) is 0 Å². The smallest absolute Gasteiger partial charge is 0.152 e. The van der Waals surface area contributed by atoms with Gasteiger partial charge in [-0.3, -0.25) is 4.79 Å². The second-order valence-electron chi connectivity index (χ2n) is 3.94. The van der Waals surface area contributed by atoms with Crippen LogP contribution in [0.4, 0.5) is 5.69 Å².